The van der Waals surface area contributed by atoms with Crippen LogP contribution in [0.15, 0.2) is 42.7 Å². The van der Waals surface area contributed by atoms with E-state index in [4.69, 9.17) is 0 Å². The van der Waals surface area contributed by atoms with Gasteiger partial charge in [-0.15, -0.1) is 0 Å². The molecule has 0 spiro atoms. The quantitative estimate of drug-likeness (QED) is 0.694. The second-order valence-electron chi connectivity index (χ2n) is 7.26. The van der Waals surface area contributed by atoms with E-state index in [1.807, 2.05) is 6.07 Å². The third-order valence-corrected chi connectivity index (χ3v) is 5.33. The summed E-state index contributed by atoms with van der Waals surface area (Å²) in [7, 11) is 0. The van der Waals surface area contributed by atoms with Crippen LogP contribution in [0.2, 0.25) is 0 Å². The van der Waals surface area contributed by atoms with Crippen molar-refractivity contribution in [2.75, 3.05) is 11.9 Å². The van der Waals surface area contributed by atoms with Crippen LogP contribution in [0.3, 0.4) is 0 Å². The van der Waals surface area contributed by atoms with Crippen LogP contribution in [0.5, 0.6) is 0 Å². The van der Waals surface area contributed by atoms with Gasteiger partial charge in [-0.1, -0.05) is 12.1 Å². The third kappa shape index (κ3) is 3.82. The fourth-order valence-corrected chi connectivity index (χ4v) is 3.71. The molecular formula is C20H21F3N4O. The van der Waals surface area contributed by atoms with Crippen molar-refractivity contribution in [3.63, 3.8) is 0 Å². The van der Waals surface area contributed by atoms with Crippen LogP contribution in [-0.2, 0) is 6.18 Å². The van der Waals surface area contributed by atoms with Gasteiger partial charge in [-0.2, -0.15) is 18.3 Å². The minimum Gasteiger partial charge on any atom is -0.396 e. The first-order valence-corrected chi connectivity index (χ1v) is 9.33. The predicted octanol–water partition coefficient (Wildman–Crippen LogP) is 4.38. The monoisotopic (exact) mass is 390 g/mol. The first-order valence-electron chi connectivity index (χ1n) is 9.33. The van der Waals surface area contributed by atoms with Crippen molar-refractivity contribution < 1.29 is 18.3 Å². The molecule has 1 aliphatic carbocycles. The zero-order valence-electron chi connectivity index (χ0n) is 15.2. The number of aliphatic hydroxyl groups excluding tert-OH is 1. The molecule has 1 fully saturated rings. The number of rotatable bonds is 4. The normalized spacial score (nSPS) is 20.4. The fourth-order valence-electron chi connectivity index (χ4n) is 3.71. The third-order valence-electron chi connectivity index (χ3n) is 5.33. The van der Waals surface area contributed by atoms with Gasteiger partial charge in [0.05, 0.1) is 11.8 Å². The molecule has 148 valence electrons. The number of hydrogen-bond acceptors (Lipinski definition) is 4. The molecule has 1 aliphatic rings. The molecule has 3 aromatic rings. The van der Waals surface area contributed by atoms with Crippen molar-refractivity contribution in [3.8, 4) is 11.1 Å². The van der Waals surface area contributed by atoms with E-state index < -0.39 is 11.7 Å². The van der Waals surface area contributed by atoms with Crippen molar-refractivity contribution in [1.82, 2.24) is 14.6 Å². The van der Waals surface area contributed by atoms with Crippen LogP contribution in [0.25, 0.3) is 16.8 Å². The maximum atomic E-state index is 13.0. The molecule has 0 unspecified atom stereocenters. The van der Waals surface area contributed by atoms with Gasteiger partial charge in [-0.3, -0.25) is 0 Å². The lowest BCUT2D eigenvalue weighted by atomic mass is 9.86. The maximum absolute atomic E-state index is 13.0. The second kappa shape index (κ2) is 7.43. The van der Waals surface area contributed by atoms with E-state index >= 15 is 0 Å². The van der Waals surface area contributed by atoms with Crippen molar-refractivity contribution in [2.24, 2.45) is 5.92 Å². The van der Waals surface area contributed by atoms with Crippen molar-refractivity contribution in [3.05, 3.63) is 48.3 Å². The Labute approximate surface area is 160 Å². The van der Waals surface area contributed by atoms with E-state index in [0.29, 0.717) is 28.5 Å². The summed E-state index contributed by atoms with van der Waals surface area (Å²) in [4.78, 5) is 4.60. The number of halogens is 3. The number of aliphatic hydroxyl groups is 1. The van der Waals surface area contributed by atoms with Crippen LogP contribution in [-0.4, -0.2) is 32.4 Å². The number of nitrogens with zero attached hydrogens (tertiary/aromatic N) is 3. The summed E-state index contributed by atoms with van der Waals surface area (Å²) in [5.41, 5.74) is 0.796. The predicted molar refractivity (Wildman–Crippen MR) is 99.9 cm³/mol. The number of fused-ring (bicyclic) bond motifs is 1. The number of alkyl halides is 3. The Morgan fingerprint density at radius 3 is 2.64 bits per heavy atom. The summed E-state index contributed by atoms with van der Waals surface area (Å²) in [5, 5.41) is 16.9. The number of hydrogen-bond donors (Lipinski definition) is 2. The molecule has 0 radical (unpaired) electrons. The molecule has 0 saturated heterocycles. The van der Waals surface area contributed by atoms with Gasteiger partial charge in [-0.25, -0.2) is 9.50 Å². The second-order valence-corrected chi connectivity index (χ2v) is 7.26. The zero-order chi connectivity index (χ0) is 19.7. The van der Waals surface area contributed by atoms with Crippen LogP contribution in [0.1, 0.15) is 31.2 Å². The molecule has 0 atom stereocenters. The van der Waals surface area contributed by atoms with E-state index in [1.54, 1.807) is 16.8 Å². The maximum Gasteiger partial charge on any atom is 0.416 e. The lowest BCUT2D eigenvalue weighted by Crippen LogP contribution is -2.27. The van der Waals surface area contributed by atoms with Gasteiger partial charge in [0.1, 0.15) is 5.82 Å². The van der Waals surface area contributed by atoms with Gasteiger partial charge in [0.15, 0.2) is 5.65 Å². The smallest absolute Gasteiger partial charge is 0.396 e. The summed E-state index contributed by atoms with van der Waals surface area (Å²) < 4.78 is 40.7. The first-order chi connectivity index (χ1) is 13.4. The highest BCUT2D eigenvalue weighted by Crippen LogP contribution is 2.33. The van der Waals surface area contributed by atoms with Gasteiger partial charge in [0.25, 0.3) is 0 Å². The van der Waals surface area contributed by atoms with E-state index in [0.717, 1.165) is 37.8 Å². The lowest BCUT2D eigenvalue weighted by Gasteiger charge is -2.28. The highest BCUT2D eigenvalue weighted by Gasteiger charge is 2.30. The van der Waals surface area contributed by atoms with Crippen LogP contribution >= 0.6 is 0 Å². The highest BCUT2D eigenvalue weighted by atomic mass is 19.4. The van der Waals surface area contributed by atoms with Crippen LogP contribution < -0.4 is 5.32 Å². The standard InChI is InChI=1S/C20H21F3N4O/c21-20(22,23)15-3-1-2-14(10-15)17-11-24-27-9-8-18(26-19(17)27)25-16-6-4-13(12-28)5-7-16/h1-3,8-11,13,16,28H,4-7,12H2,(H,25,26)/t13-,16-. The Hall–Kier alpha value is -2.61. The summed E-state index contributed by atoms with van der Waals surface area (Å²) in [6, 6.07) is 7.28. The molecule has 5 nitrogen and oxygen atoms in total. The van der Waals surface area contributed by atoms with Crippen LogP contribution in [0, 0.1) is 5.92 Å². The summed E-state index contributed by atoms with van der Waals surface area (Å²) in [5.74, 6) is 1.05. The molecule has 1 saturated carbocycles. The van der Waals surface area contributed by atoms with Gasteiger partial charge in [-0.05, 0) is 55.4 Å². The molecule has 4 rings (SSSR count). The molecule has 2 N–H and O–H groups in total. The van der Waals surface area contributed by atoms with Crippen LogP contribution in [0.4, 0.5) is 19.0 Å². The molecule has 2 heterocycles. The molecule has 0 amide bonds. The Morgan fingerprint density at radius 2 is 1.93 bits per heavy atom. The molecule has 0 aliphatic heterocycles. The average Bonchev–Trinajstić information content (AvgIpc) is 3.11. The van der Waals surface area contributed by atoms with Crippen molar-refractivity contribution in [1.29, 1.82) is 0 Å². The lowest BCUT2D eigenvalue weighted by molar-refractivity contribution is -0.137. The Kier molecular flexibility index (Phi) is 4.97. The summed E-state index contributed by atoms with van der Waals surface area (Å²) in [6.07, 6.45) is 2.74. The van der Waals surface area contributed by atoms with Crippen molar-refractivity contribution >= 4 is 11.5 Å². The van der Waals surface area contributed by atoms with Gasteiger partial charge < -0.3 is 10.4 Å². The molecule has 1 aromatic carbocycles. The number of nitrogens with one attached hydrogen (secondary N) is 1. The van der Waals surface area contributed by atoms with Gasteiger partial charge in [0.2, 0.25) is 0 Å². The molecule has 2 aromatic heterocycles. The zero-order valence-corrected chi connectivity index (χ0v) is 15.2. The van der Waals surface area contributed by atoms with E-state index in [1.165, 1.54) is 12.3 Å². The van der Waals surface area contributed by atoms with Gasteiger partial charge in [0, 0.05) is 24.4 Å². The Balaban J connectivity index is 1.60. The first kappa shape index (κ1) is 18.7. The summed E-state index contributed by atoms with van der Waals surface area (Å²) >= 11 is 0. The minimum absolute atomic E-state index is 0.229. The van der Waals surface area contributed by atoms with E-state index in [2.05, 4.69) is 15.4 Å². The average molecular weight is 390 g/mol. The van der Waals surface area contributed by atoms with Crippen molar-refractivity contribution in [2.45, 2.75) is 37.9 Å². The van der Waals surface area contributed by atoms with E-state index in [-0.39, 0.29) is 12.6 Å². The van der Waals surface area contributed by atoms with Gasteiger partial charge >= 0.3 is 6.18 Å². The highest BCUT2D eigenvalue weighted by molar-refractivity contribution is 5.78. The topological polar surface area (TPSA) is 62.5 Å². The molecular weight excluding hydrogens is 369 g/mol. The largest absolute Gasteiger partial charge is 0.416 e. The SMILES string of the molecule is OC[C@H]1CC[C@H](Nc2ccn3ncc(-c4cccc(C(F)(F)F)c4)c3n2)CC1. The molecule has 28 heavy (non-hydrogen) atoms. The fraction of sp³-hybridized carbons (Fsp3) is 0.400. The number of anilines is 1. The number of benzene rings is 1. The molecule has 8 heteroatoms. The van der Waals surface area contributed by atoms with E-state index in [9.17, 15) is 18.3 Å². The number of aromatic nitrogens is 3. The minimum atomic E-state index is -4.40. The molecule has 0 bridgehead atoms. The summed E-state index contributed by atoms with van der Waals surface area (Å²) in [6.45, 7) is 0.229. The Morgan fingerprint density at radius 1 is 1.14 bits per heavy atom. The Bertz CT molecular complexity index is 961.